The van der Waals surface area contributed by atoms with Crippen LogP contribution in [0.5, 0.6) is 0 Å². The van der Waals surface area contributed by atoms with Crippen LogP contribution in [0.2, 0.25) is 5.02 Å². The zero-order chi connectivity index (χ0) is 22.4. The Labute approximate surface area is 189 Å². The molecule has 0 saturated carbocycles. The average molecular weight is 460 g/mol. The third-order valence-electron chi connectivity index (χ3n) is 4.72. The number of rotatable bonds is 6. The monoisotopic (exact) mass is 459 g/mol. The third-order valence-corrected chi connectivity index (χ3v) is 5.05. The Bertz CT molecular complexity index is 1170. The molecule has 0 spiro atoms. The highest BCUT2D eigenvalue weighted by Gasteiger charge is 2.19. The SMILES string of the molecule is CCl.Cc1nc2nc(C(=O)NCCc3cnc[nH]3)cn2c(-c2ccccc2Cl)c1CN. The van der Waals surface area contributed by atoms with Crippen molar-refractivity contribution in [3.63, 3.8) is 0 Å². The van der Waals surface area contributed by atoms with E-state index >= 15 is 0 Å². The number of fused-ring (bicyclic) bond motifs is 1. The lowest BCUT2D eigenvalue weighted by Crippen LogP contribution is -2.26. The van der Waals surface area contributed by atoms with Crippen molar-refractivity contribution in [3.8, 4) is 11.3 Å². The first-order valence-corrected chi connectivity index (χ1v) is 10.7. The van der Waals surface area contributed by atoms with E-state index in [1.165, 1.54) is 6.38 Å². The van der Waals surface area contributed by atoms with Crippen LogP contribution in [0, 0.1) is 6.92 Å². The molecule has 0 fully saturated rings. The minimum absolute atomic E-state index is 0.271. The van der Waals surface area contributed by atoms with Gasteiger partial charge in [0.15, 0.2) is 0 Å². The molecule has 31 heavy (non-hydrogen) atoms. The quantitative estimate of drug-likeness (QED) is 0.382. The van der Waals surface area contributed by atoms with Gasteiger partial charge in [-0.25, -0.2) is 15.0 Å². The van der Waals surface area contributed by atoms with Gasteiger partial charge in [-0.15, -0.1) is 11.6 Å². The number of imidazole rings is 2. The lowest BCUT2D eigenvalue weighted by molar-refractivity contribution is 0.0949. The van der Waals surface area contributed by atoms with E-state index < -0.39 is 0 Å². The van der Waals surface area contributed by atoms with Crippen molar-refractivity contribution < 1.29 is 4.79 Å². The van der Waals surface area contributed by atoms with Gasteiger partial charge in [-0.3, -0.25) is 9.20 Å². The molecule has 0 unspecified atom stereocenters. The van der Waals surface area contributed by atoms with Crippen molar-refractivity contribution in [3.05, 3.63) is 70.7 Å². The Kier molecular flexibility index (Phi) is 7.62. The second-order valence-electron chi connectivity index (χ2n) is 6.59. The molecular formula is C21H23Cl2N7O. The van der Waals surface area contributed by atoms with Crippen molar-refractivity contribution in [1.29, 1.82) is 0 Å². The van der Waals surface area contributed by atoms with E-state index in [4.69, 9.17) is 17.3 Å². The predicted molar refractivity (Wildman–Crippen MR) is 122 cm³/mol. The molecular weight excluding hydrogens is 437 g/mol. The molecule has 0 aliphatic heterocycles. The number of carbonyl (C=O) groups is 1. The van der Waals surface area contributed by atoms with Crippen molar-refractivity contribution in [1.82, 2.24) is 29.7 Å². The van der Waals surface area contributed by atoms with Crippen LogP contribution in [0.1, 0.15) is 27.4 Å². The smallest absolute Gasteiger partial charge is 0.271 e. The molecule has 0 aliphatic rings. The summed E-state index contributed by atoms with van der Waals surface area (Å²) in [4.78, 5) is 28.5. The molecule has 0 bridgehead atoms. The average Bonchev–Trinajstić information content (AvgIpc) is 3.44. The Hall–Kier alpha value is -2.94. The highest BCUT2D eigenvalue weighted by molar-refractivity contribution is 6.33. The van der Waals surface area contributed by atoms with Gasteiger partial charge < -0.3 is 16.0 Å². The van der Waals surface area contributed by atoms with E-state index in [9.17, 15) is 4.79 Å². The number of nitrogens with two attached hydrogens (primary N) is 1. The number of H-pyrrole nitrogens is 1. The van der Waals surface area contributed by atoms with Gasteiger partial charge in [0, 0.05) is 65.8 Å². The molecule has 1 amide bonds. The number of aromatic amines is 1. The number of benzene rings is 1. The number of amides is 1. The molecule has 10 heteroatoms. The van der Waals surface area contributed by atoms with Crippen LogP contribution in [0.3, 0.4) is 0 Å². The number of aromatic nitrogens is 5. The van der Waals surface area contributed by atoms with Crippen LogP contribution in [-0.4, -0.2) is 43.2 Å². The molecule has 4 N–H and O–H groups in total. The summed E-state index contributed by atoms with van der Waals surface area (Å²) in [5, 5.41) is 3.46. The van der Waals surface area contributed by atoms with Gasteiger partial charge >= 0.3 is 0 Å². The molecule has 1 aromatic carbocycles. The molecule has 0 radical (unpaired) electrons. The first-order valence-electron chi connectivity index (χ1n) is 9.55. The van der Waals surface area contributed by atoms with Crippen LogP contribution in [-0.2, 0) is 13.0 Å². The van der Waals surface area contributed by atoms with Gasteiger partial charge in [-0.05, 0) is 13.0 Å². The highest BCUT2D eigenvalue weighted by Crippen LogP contribution is 2.32. The van der Waals surface area contributed by atoms with Crippen LogP contribution < -0.4 is 11.1 Å². The Balaban J connectivity index is 0.00000132. The van der Waals surface area contributed by atoms with Gasteiger partial charge in [0.1, 0.15) is 5.69 Å². The number of nitrogens with one attached hydrogen (secondary N) is 2. The van der Waals surface area contributed by atoms with E-state index in [0.717, 1.165) is 28.2 Å². The molecule has 4 rings (SSSR count). The van der Waals surface area contributed by atoms with E-state index in [1.807, 2.05) is 31.2 Å². The number of aryl methyl sites for hydroxylation is 1. The fourth-order valence-corrected chi connectivity index (χ4v) is 3.50. The molecule has 8 nitrogen and oxygen atoms in total. The third kappa shape index (κ3) is 4.87. The van der Waals surface area contributed by atoms with Crippen molar-refractivity contribution >= 4 is 34.9 Å². The van der Waals surface area contributed by atoms with Gasteiger partial charge in [-0.2, -0.15) is 0 Å². The summed E-state index contributed by atoms with van der Waals surface area (Å²) < 4.78 is 1.78. The maximum absolute atomic E-state index is 12.6. The maximum Gasteiger partial charge on any atom is 0.271 e. The second kappa shape index (κ2) is 10.4. The largest absolute Gasteiger partial charge is 0.350 e. The van der Waals surface area contributed by atoms with Crippen LogP contribution >= 0.6 is 23.2 Å². The molecule has 0 saturated heterocycles. The summed E-state index contributed by atoms with van der Waals surface area (Å²) >= 11 is 11.1. The normalized spacial score (nSPS) is 10.6. The summed E-state index contributed by atoms with van der Waals surface area (Å²) in [6.45, 7) is 2.63. The topological polar surface area (TPSA) is 114 Å². The van der Waals surface area contributed by atoms with Gasteiger partial charge in [-0.1, -0.05) is 29.8 Å². The molecule has 0 aliphatic carbocycles. The van der Waals surface area contributed by atoms with Crippen molar-refractivity contribution in [2.45, 2.75) is 19.9 Å². The fraction of sp³-hybridized carbons (Fsp3) is 0.238. The van der Waals surface area contributed by atoms with Gasteiger partial charge in [0.25, 0.3) is 5.91 Å². The number of hydrogen-bond acceptors (Lipinski definition) is 5. The summed E-state index contributed by atoms with van der Waals surface area (Å²) in [6.07, 6.45) is 7.14. The molecule has 162 valence electrons. The summed E-state index contributed by atoms with van der Waals surface area (Å²) in [5.41, 5.74) is 10.5. The second-order valence-corrected chi connectivity index (χ2v) is 6.99. The zero-order valence-corrected chi connectivity index (χ0v) is 18.7. The minimum atomic E-state index is -0.271. The number of nitrogens with zero attached hydrogens (tertiary/aromatic N) is 4. The maximum atomic E-state index is 12.6. The molecule has 0 atom stereocenters. The van der Waals surface area contributed by atoms with Crippen molar-refractivity contribution in [2.24, 2.45) is 5.73 Å². The Morgan fingerprint density at radius 3 is 2.71 bits per heavy atom. The first kappa shape index (κ1) is 22.7. The molecule has 3 heterocycles. The lowest BCUT2D eigenvalue weighted by atomic mass is 10.0. The summed E-state index contributed by atoms with van der Waals surface area (Å²) in [7, 11) is 0. The van der Waals surface area contributed by atoms with E-state index in [1.54, 1.807) is 23.1 Å². The fourth-order valence-electron chi connectivity index (χ4n) is 3.27. The molecule has 3 aromatic heterocycles. The summed E-state index contributed by atoms with van der Waals surface area (Å²) in [6, 6.07) is 7.51. The molecule has 4 aromatic rings. The van der Waals surface area contributed by atoms with Gasteiger partial charge in [0.05, 0.1) is 12.0 Å². The Morgan fingerprint density at radius 1 is 1.26 bits per heavy atom. The first-order chi connectivity index (χ1) is 15.1. The number of hydrogen-bond donors (Lipinski definition) is 3. The zero-order valence-electron chi connectivity index (χ0n) is 17.2. The van der Waals surface area contributed by atoms with E-state index in [-0.39, 0.29) is 11.6 Å². The lowest BCUT2D eigenvalue weighted by Gasteiger charge is -2.14. The van der Waals surface area contributed by atoms with Crippen LogP contribution in [0.4, 0.5) is 0 Å². The van der Waals surface area contributed by atoms with Crippen LogP contribution in [0.25, 0.3) is 17.0 Å². The number of carbonyl (C=O) groups excluding carboxylic acids is 1. The van der Waals surface area contributed by atoms with Crippen LogP contribution in [0.15, 0.2) is 43.0 Å². The highest BCUT2D eigenvalue weighted by atomic mass is 35.5. The van der Waals surface area contributed by atoms with E-state index in [2.05, 4.69) is 36.9 Å². The summed E-state index contributed by atoms with van der Waals surface area (Å²) in [5.74, 6) is 0.153. The van der Waals surface area contributed by atoms with E-state index in [0.29, 0.717) is 30.3 Å². The standard InChI is InChI=1S/C20H20ClN7O.CH3Cl/c1-12-15(8-22)18(14-4-2-3-5-16(14)21)28-10-17(27-20(28)26-12)19(29)24-7-6-13-9-23-11-25-13;1-2/h2-5,9-11H,6-8,22H2,1H3,(H,23,25)(H,24,29);1H3. The van der Waals surface area contributed by atoms with Gasteiger partial charge in [0.2, 0.25) is 5.78 Å². The van der Waals surface area contributed by atoms with Crippen molar-refractivity contribution in [2.75, 3.05) is 12.9 Å². The minimum Gasteiger partial charge on any atom is -0.350 e. The number of halogens is 2. The predicted octanol–water partition coefficient (Wildman–Crippen LogP) is 3.37. The Morgan fingerprint density at radius 2 is 2.03 bits per heavy atom. The number of alkyl halides is 1.